The van der Waals surface area contributed by atoms with Crippen molar-refractivity contribution in [3.05, 3.63) is 35.1 Å². The van der Waals surface area contributed by atoms with Crippen molar-refractivity contribution in [2.24, 2.45) is 5.92 Å². The SMILES string of the molecule is CCC1=COC2(CCN(C)CC2)C2=C1C=CC(CC)C2. The van der Waals surface area contributed by atoms with E-state index in [0.29, 0.717) is 5.92 Å². The highest BCUT2D eigenvalue weighted by Gasteiger charge is 2.43. The first-order valence-electron chi connectivity index (χ1n) is 8.16. The van der Waals surface area contributed by atoms with Gasteiger partial charge in [0.15, 0.2) is 0 Å². The van der Waals surface area contributed by atoms with Crippen molar-refractivity contribution in [2.45, 2.75) is 51.6 Å². The van der Waals surface area contributed by atoms with Crippen LogP contribution in [0.1, 0.15) is 46.0 Å². The average molecular weight is 273 g/mol. The van der Waals surface area contributed by atoms with Gasteiger partial charge in [-0.3, -0.25) is 0 Å². The normalized spacial score (nSPS) is 29.1. The molecule has 1 spiro atoms. The maximum Gasteiger partial charge on any atom is 0.132 e. The predicted octanol–water partition coefficient (Wildman–Crippen LogP) is 4.06. The number of allylic oxidation sites excluding steroid dienone is 4. The molecule has 2 aliphatic heterocycles. The van der Waals surface area contributed by atoms with Gasteiger partial charge < -0.3 is 9.64 Å². The Hall–Kier alpha value is -1.02. The molecule has 20 heavy (non-hydrogen) atoms. The molecule has 2 heteroatoms. The Morgan fingerprint density at radius 3 is 2.70 bits per heavy atom. The smallest absolute Gasteiger partial charge is 0.132 e. The highest BCUT2D eigenvalue weighted by molar-refractivity contribution is 5.50. The van der Waals surface area contributed by atoms with Gasteiger partial charge in [0.25, 0.3) is 0 Å². The Bertz CT molecular complexity index is 464. The Labute approximate surface area is 123 Å². The lowest BCUT2D eigenvalue weighted by Crippen LogP contribution is -2.47. The van der Waals surface area contributed by atoms with Crippen LogP contribution in [0.4, 0.5) is 0 Å². The fraction of sp³-hybridized carbons (Fsp3) is 0.667. The molecule has 1 fully saturated rings. The Morgan fingerprint density at radius 1 is 1.30 bits per heavy atom. The molecule has 0 bridgehead atoms. The monoisotopic (exact) mass is 273 g/mol. The van der Waals surface area contributed by atoms with Gasteiger partial charge in [-0.1, -0.05) is 26.0 Å². The zero-order valence-electron chi connectivity index (χ0n) is 13.1. The van der Waals surface area contributed by atoms with Crippen molar-refractivity contribution in [3.63, 3.8) is 0 Å². The molecule has 3 aliphatic rings. The number of nitrogens with zero attached hydrogens (tertiary/aromatic N) is 1. The summed E-state index contributed by atoms with van der Waals surface area (Å²) in [6, 6.07) is 0. The summed E-state index contributed by atoms with van der Waals surface area (Å²) in [6.45, 7) is 6.81. The Kier molecular flexibility index (Phi) is 3.76. The second kappa shape index (κ2) is 5.40. The molecule has 0 amide bonds. The third-order valence-corrected chi connectivity index (χ3v) is 5.35. The van der Waals surface area contributed by atoms with E-state index >= 15 is 0 Å². The van der Waals surface area contributed by atoms with E-state index in [-0.39, 0.29) is 5.60 Å². The van der Waals surface area contributed by atoms with Crippen molar-refractivity contribution < 1.29 is 4.74 Å². The molecule has 0 aromatic carbocycles. The molecule has 3 rings (SSSR count). The van der Waals surface area contributed by atoms with E-state index in [1.807, 2.05) is 0 Å². The first kappa shape index (κ1) is 13.9. The minimum absolute atomic E-state index is 0.00130. The van der Waals surface area contributed by atoms with E-state index in [1.54, 1.807) is 5.57 Å². The van der Waals surface area contributed by atoms with Crippen LogP contribution < -0.4 is 0 Å². The topological polar surface area (TPSA) is 12.5 Å². The van der Waals surface area contributed by atoms with Crippen LogP contribution in [0.2, 0.25) is 0 Å². The minimum Gasteiger partial charge on any atom is -0.490 e. The number of likely N-dealkylation sites (tertiary alicyclic amines) is 1. The number of ether oxygens (including phenoxy) is 1. The molecule has 1 aliphatic carbocycles. The number of piperidine rings is 1. The number of rotatable bonds is 2. The maximum atomic E-state index is 6.34. The van der Waals surface area contributed by atoms with Crippen LogP contribution in [0.5, 0.6) is 0 Å². The van der Waals surface area contributed by atoms with Crippen LogP contribution in [0.15, 0.2) is 35.1 Å². The van der Waals surface area contributed by atoms with Gasteiger partial charge >= 0.3 is 0 Å². The number of hydrogen-bond acceptors (Lipinski definition) is 2. The zero-order valence-corrected chi connectivity index (χ0v) is 13.1. The largest absolute Gasteiger partial charge is 0.490 e. The Balaban J connectivity index is 1.96. The lowest BCUT2D eigenvalue weighted by molar-refractivity contribution is -0.00704. The van der Waals surface area contributed by atoms with Crippen molar-refractivity contribution >= 4 is 0 Å². The molecule has 1 unspecified atom stereocenters. The average Bonchev–Trinajstić information content (AvgIpc) is 2.50. The maximum absolute atomic E-state index is 6.34. The van der Waals surface area contributed by atoms with Crippen molar-refractivity contribution in [1.29, 1.82) is 0 Å². The first-order chi connectivity index (χ1) is 9.68. The van der Waals surface area contributed by atoms with Crippen molar-refractivity contribution in [1.82, 2.24) is 4.90 Å². The molecule has 0 N–H and O–H groups in total. The molecule has 1 atom stereocenters. The van der Waals surface area contributed by atoms with Crippen molar-refractivity contribution in [3.8, 4) is 0 Å². The molecule has 110 valence electrons. The van der Waals surface area contributed by atoms with E-state index in [0.717, 1.165) is 32.4 Å². The molecule has 1 saturated heterocycles. The highest BCUT2D eigenvalue weighted by Crippen LogP contribution is 2.46. The molecule has 0 radical (unpaired) electrons. The molecule has 2 heterocycles. The van der Waals surface area contributed by atoms with Crippen LogP contribution in [-0.2, 0) is 4.74 Å². The Morgan fingerprint density at radius 2 is 2.05 bits per heavy atom. The summed E-state index contributed by atoms with van der Waals surface area (Å²) in [5, 5.41) is 0. The number of hydrogen-bond donors (Lipinski definition) is 0. The van der Waals surface area contributed by atoms with E-state index in [4.69, 9.17) is 4.74 Å². The van der Waals surface area contributed by atoms with Gasteiger partial charge in [-0.2, -0.15) is 0 Å². The third kappa shape index (κ3) is 2.24. The van der Waals surface area contributed by atoms with Crippen LogP contribution in [0, 0.1) is 5.92 Å². The summed E-state index contributed by atoms with van der Waals surface area (Å²) >= 11 is 0. The van der Waals surface area contributed by atoms with Gasteiger partial charge in [0.2, 0.25) is 0 Å². The van der Waals surface area contributed by atoms with Crippen LogP contribution in [-0.4, -0.2) is 30.6 Å². The summed E-state index contributed by atoms with van der Waals surface area (Å²) in [4.78, 5) is 2.42. The number of fused-ring (bicyclic) bond motifs is 1. The molecule has 2 nitrogen and oxygen atoms in total. The van der Waals surface area contributed by atoms with Crippen LogP contribution in [0.25, 0.3) is 0 Å². The molecular weight excluding hydrogens is 246 g/mol. The standard InChI is InChI=1S/C18H27NO/c1-4-14-6-7-16-15(5-2)13-20-18(17(16)12-14)8-10-19(3)11-9-18/h6-7,13-14H,4-5,8-12H2,1-3H3. The lowest BCUT2D eigenvalue weighted by atomic mass is 9.72. The second-order valence-corrected chi connectivity index (χ2v) is 6.54. The van der Waals surface area contributed by atoms with Gasteiger partial charge in [-0.15, -0.1) is 0 Å². The van der Waals surface area contributed by atoms with Gasteiger partial charge in [-0.05, 0) is 48.9 Å². The molecular formula is C18H27NO. The summed E-state index contributed by atoms with van der Waals surface area (Å²) in [5.74, 6) is 0.699. The summed E-state index contributed by atoms with van der Waals surface area (Å²) in [7, 11) is 2.22. The predicted molar refractivity (Wildman–Crippen MR) is 83.5 cm³/mol. The quantitative estimate of drug-likeness (QED) is 0.752. The molecule has 0 saturated carbocycles. The van der Waals surface area contributed by atoms with Gasteiger partial charge in [-0.25, -0.2) is 0 Å². The fourth-order valence-electron chi connectivity index (χ4n) is 3.78. The molecule has 0 aromatic heterocycles. The van der Waals surface area contributed by atoms with Gasteiger partial charge in [0.05, 0.1) is 6.26 Å². The fourth-order valence-corrected chi connectivity index (χ4v) is 3.78. The first-order valence-corrected chi connectivity index (χ1v) is 8.16. The summed E-state index contributed by atoms with van der Waals surface area (Å²) < 4.78 is 6.34. The van der Waals surface area contributed by atoms with Crippen molar-refractivity contribution in [2.75, 3.05) is 20.1 Å². The molecule has 0 aromatic rings. The summed E-state index contributed by atoms with van der Waals surface area (Å²) in [5.41, 5.74) is 4.47. The van der Waals surface area contributed by atoms with Crippen LogP contribution >= 0.6 is 0 Å². The van der Waals surface area contributed by atoms with E-state index in [1.165, 1.54) is 24.0 Å². The minimum atomic E-state index is -0.00130. The van der Waals surface area contributed by atoms with E-state index < -0.39 is 0 Å². The second-order valence-electron chi connectivity index (χ2n) is 6.54. The van der Waals surface area contributed by atoms with E-state index in [2.05, 4.69) is 44.2 Å². The van der Waals surface area contributed by atoms with E-state index in [9.17, 15) is 0 Å². The van der Waals surface area contributed by atoms with Crippen LogP contribution in [0.3, 0.4) is 0 Å². The third-order valence-electron chi connectivity index (χ3n) is 5.35. The van der Waals surface area contributed by atoms with Gasteiger partial charge in [0.1, 0.15) is 5.60 Å². The lowest BCUT2D eigenvalue weighted by Gasteiger charge is -2.46. The zero-order chi connectivity index (χ0) is 14.2. The highest BCUT2D eigenvalue weighted by atomic mass is 16.5. The summed E-state index contributed by atoms with van der Waals surface area (Å²) in [6.07, 6.45) is 12.6. The van der Waals surface area contributed by atoms with Gasteiger partial charge in [0, 0.05) is 25.9 Å².